The predicted molar refractivity (Wildman–Crippen MR) is 116 cm³/mol. The maximum absolute atomic E-state index is 12.8. The molecule has 142 valence electrons. The number of hydrogen-bond donors (Lipinski definition) is 1. The van der Waals surface area contributed by atoms with Crippen molar-refractivity contribution >= 4 is 44.8 Å². The minimum Gasteiger partial charge on any atom is -0.496 e. The van der Waals surface area contributed by atoms with Crippen molar-refractivity contribution in [2.45, 2.75) is 13.3 Å². The van der Waals surface area contributed by atoms with Gasteiger partial charge in [0, 0.05) is 27.4 Å². The Bertz CT molecular complexity index is 1250. The fraction of sp³-hybridized carbons (Fsp3) is 0.143. The van der Waals surface area contributed by atoms with Gasteiger partial charge in [0.1, 0.15) is 16.4 Å². The Morgan fingerprint density at radius 3 is 2.71 bits per heavy atom. The Balaban J connectivity index is 1.75. The summed E-state index contributed by atoms with van der Waals surface area (Å²) in [6, 6.07) is 11.2. The zero-order valence-electron chi connectivity index (χ0n) is 15.2. The van der Waals surface area contributed by atoms with Crippen molar-refractivity contribution in [3.63, 3.8) is 0 Å². The number of halogens is 2. The van der Waals surface area contributed by atoms with E-state index in [1.165, 1.54) is 11.3 Å². The molecule has 0 saturated heterocycles. The Morgan fingerprint density at radius 2 is 2.00 bits per heavy atom. The Hall–Kier alpha value is -2.34. The van der Waals surface area contributed by atoms with Crippen LogP contribution in [0.4, 0.5) is 0 Å². The van der Waals surface area contributed by atoms with E-state index < -0.39 is 0 Å². The van der Waals surface area contributed by atoms with E-state index in [2.05, 4.69) is 9.97 Å². The molecule has 0 fully saturated rings. The van der Waals surface area contributed by atoms with Gasteiger partial charge in [0.2, 0.25) is 0 Å². The lowest BCUT2D eigenvalue weighted by Gasteiger charge is -2.07. The fourth-order valence-electron chi connectivity index (χ4n) is 3.18. The van der Waals surface area contributed by atoms with Crippen molar-refractivity contribution in [2.75, 3.05) is 7.11 Å². The van der Waals surface area contributed by atoms with E-state index in [4.69, 9.17) is 27.9 Å². The van der Waals surface area contributed by atoms with E-state index in [9.17, 15) is 4.79 Å². The van der Waals surface area contributed by atoms with Crippen molar-refractivity contribution in [3.05, 3.63) is 79.1 Å². The number of aromatic amines is 1. The van der Waals surface area contributed by atoms with Gasteiger partial charge in [-0.15, -0.1) is 11.3 Å². The monoisotopic (exact) mass is 430 g/mol. The minimum absolute atomic E-state index is 0.158. The van der Waals surface area contributed by atoms with E-state index >= 15 is 0 Å². The Morgan fingerprint density at radius 1 is 1.18 bits per heavy atom. The van der Waals surface area contributed by atoms with Gasteiger partial charge in [-0.3, -0.25) is 4.79 Å². The number of nitrogens with zero attached hydrogens (tertiary/aromatic N) is 1. The van der Waals surface area contributed by atoms with Crippen LogP contribution in [-0.2, 0) is 6.42 Å². The topological polar surface area (TPSA) is 55.0 Å². The molecule has 0 amide bonds. The summed E-state index contributed by atoms with van der Waals surface area (Å²) in [5.74, 6) is 1.39. The van der Waals surface area contributed by atoms with Gasteiger partial charge in [0.25, 0.3) is 5.56 Å². The summed E-state index contributed by atoms with van der Waals surface area (Å²) in [4.78, 5) is 21.1. The molecule has 0 atom stereocenters. The highest BCUT2D eigenvalue weighted by atomic mass is 35.5. The second kappa shape index (κ2) is 7.59. The molecule has 0 aliphatic carbocycles. The molecule has 0 aliphatic heterocycles. The third-order valence-electron chi connectivity index (χ3n) is 4.57. The number of fused-ring (bicyclic) bond motifs is 1. The summed E-state index contributed by atoms with van der Waals surface area (Å²) in [5, 5.41) is 3.69. The SMILES string of the molecule is COc1ccc(-c2csc3nc(Cc4ccc(Cl)cc4Cl)[nH]c(=O)c23)cc1C. The maximum Gasteiger partial charge on any atom is 0.260 e. The third-order valence-corrected chi connectivity index (χ3v) is 6.03. The normalized spacial score (nSPS) is 11.1. The lowest BCUT2D eigenvalue weighted by Crippen LogP contribution is -2.11. The summed E-state index contributed by atoms with van der Waals surface area (Å²) in [5.41, 5.74) is 3.55. The van der Waals surface area contributed by atoms with Crippen LogP contribution < -0.4 is 10.3 Å². The maximum atomic E-state index is 12.8. The number of aryl methyl sites for hydroxylation is 1. The summed E-state index contributed by atoms with van der Waals surface area (Å²) >= 11 is 13.7. The number of aromatic nitrogens is 2. The summed E-state index contributed by atoms with van der Waals surface area (Å²) < 4.78 is 5.32. The molecule has 0 radical (unpaired) electrons. The van der Waals surface area contributed by atoms with Gasteiger partial charge in [-0.1, -0.05) is 35.3 Å². The molecule has 28 heavy (non-hydrogen) atoms. The molecule has 0 unspecified atom stereocenters. The summed E-state index contributed by atoms with van der Waals surface area (Å²) in [7, 11) is 1.64. The average Bonchev–Trinajstić information content (AvgIpc) is 3.08. The summed E-state index contributed by atoms with van der Waals surface area (Å²) in [6.07, 6.45) is 0.427. The second-order valence-electron chi connectivity index (χ2n) is 6.44. The summed E-state index contributed by atoms with van der Waals surface area (Å²) in [6.45, 7) is 1.98. The molecule has 4 rings (SSSR count). The highest BCUT2D eigenvalue weighted by Gasteiger charge is 2.15. The number of H-pyrrole nitrogens is 1. The molecular weight excluding hydrogens is 415 g/mol. The highest BCUT2D eigenvalue weighted by Crippen LogP contribution is 2.33. The van der Waals surface area contributed by atoms with Crippen LogP contribution in [0.2, 0.25) is 10.0 Å². The first-order chi connectivity index (χ1) is 13.5. The highest BCUT2D eigenvalue weighted by molar-refractivity contribution is 7.17. The third kappa shape index (κ3) is 3.53. The van der Waals surface area contributed by atoms with Crippen molar-refractivity contribution < 1.29 is 4.74 Å². The van der Waals surface area contributed by atoms with Crippen LogP contribution >= 0.6 is 34.5 Å². The number of nitrogens with one attached hydrogen (secondary N) is 1. The van der Waals surface area contributed by atoms with Crippen molar-refractivity contribution in [3.8, 4) is 16.9 Å². The fourth-order valence-corrected chi connectivity index (χ4v) is 4.62. The molecule has 7 heteroatoms. The van der Waals surface area contributed by atoms with Crippen LogP contribution in [0.15, 0.2) is 46.6 Å². The number of benzene rings is 2. The molecule has 4 nitrogen and oxygen atoms in total. The number of hydrogen-bond acceptors (Lipinski definition) is 4. The van der Waals surface area contributed by atoms with E-state index in [-0.39, 0.29) is 5.56 Å². The van der Waals surface area contributed by atoms with Crippen LogP contribution in [0.25, 0.3) is 21.3 Å². The first kappa shape index (κ1) is 19.0. The van der Waals surface area contributed by atoms with Gasteiger partial charge in [-0.25, -0.2) is 4.98 Å². The van der Waals surface area contributed by atoms with Crippen LogP contribution in [0.1, 0.15) is 17.0 Å². The van der Waals surface area contributed by atoms with Gasteiger partial charge in [-0.2, -0.15) is 0 Å². The van der Waals surface area contributed by atoms with Crippen molar-refractivity contribution in [2.24, 2.45) is 0 Å². The molecule has 2 aromatic carbocycles. The number of methoxy groups -OCH3 is 1. The van der Waals surface area contributed by atoms with Crippen molar-refractivity contribution in [1.82, 2.24) is 9.97 Å². The molecule has 0 spiro atoms. The first-order valence-electron chi connectivity index (χ1n) is 8.55. The van der Waals surface area contributed by atoms with E-state index in [1.54, 1.807) is 19.2 Å². The van der Waals surface area contributed by atoms with Gasteiger partial charge in [-0.05, 0) is 47.9 Å². The van der Waals surface area contributed by atoms with Crippen LogP contribution in [0.5, 0.6) is 5.75 Å². The van der Waals surface area contributed by atoms with Crippen molar-refractivity contribution in [1.29, 1.82) is 0 Å². The standard InChI is InChI=1S/C21H16Cl2N2O2S/c1-11-7-12(4-6-17(11)27-2)15-10-28-21-19(15)20(26)24-18(25-21)8-13-3-5-14(22)9-16(13)23/h3-7,9-10H,8H2,1-2H3,(H,24,25,26). The molecule has 0 saturated carbocycles. The van der Waals surface area contributed by atoms with Gasteiger partial charge >= 0.3 is 0 Å². The van der Waals surface area contributed by atoms with Crippen LogP contribution in [0, 0.1) is 6.92 Å². The average molecular weight is 431 g/mol. The predicted octanol–water partition coefficient (Wildman–Crippen LogP) is 5.87. The molecule has 0 bridgehead atoms. The van der Waals surface area contributed by atoms with E-state index in [0.29, 0.717) is 32.5 Å². The molecule has 4 aromatic rings. The smallest absolute Gasteiger partial charge is 0.260 e. The van der Waals surface area contributed by atoms with Crippen LogP contribution in [0.3, 0.4) is 0 Å². The number of rotatable bonds is 4. The largest absolute Gasteiger partial charge is 0.496 e. The molecular formula is C21H16Cl2N2O2S. The van der Waals surface area contributed by atoms with Gasteiger partial charge < -0.3 is 9.72 Å². The zero-order chi connectivity index (χ0) is 19.8. The first-order valence-corrected chi connectivity index (χ1v) is 10.2. The van der Waals surface area contributed by atoms with E-state index in [0.717, 1.165) is 28.0 Å². The second-order valence-corrected chi connectivity index (χ2v) is 8.14. The zero-order valence-corrected chi connectivity index (χ0v) is 17.5. The van der Waals surface area contributed by atoms with Gasteiger partial charge in [0.15, 0.2) is 0 Å². The van der Waals surface area contributed by atoms with Crippen LogP contribution in [-0.4, -0.2) is 17.1 Å². The molecule has 2 aromatic heterocycles. The minimum atomic E-state index is -0.158. The molecule has 0 aliphatic rings. The number of thiophene rings is 1. The molecule has 1 N–H and O–H groups in total. The Kier molecular flexibility index (Phi) is 5.15. The van der Waals surface area contributed by atoms with E-state index in [1.807, 2.05) is 36.6 Å². The lowest BCUT2D eigenvalue weighted by atomic mass is 10.0. The number of ether oxygens (including phenoxy) is 1. The van der Waals surface area contributed by atoms with Gasteiger partial charge in [0.05, 0.1) is 12.5 Å². The lowest BCUT2D eigenvalue weighted by molar-refractivity contribution is 0.412. The molecule has 2 heterocycles. The quantitative estimate of drug-likeness (QED) is 0.440. The Labute approximate surface area is 175 Å².